The fourth-order valence-corrected chi connectivity index (χ4v) is 3.09. The molecule has 0 fully saturated rings. The van der Waals surface area contributed by atoms with Crippen molar-refractivity contribution in [2.45, 2.75) is 51.4 Å². The summed E-state index contributed by atoms with van der Waals surface area (Å²) in [4.78, 5) is 25.8. The second-order valence-corrected chi connectivity index (χ2v) is 12.1. The number of nitrogens with zero attached hydrogens (tertiary/aromatic N) is 1. The van der Waals surface area contributed by atoms with Crippen molar-refractivity contribution >= 4 is 8.07 Å². The van der Waals surface area contributed by atoms with E-state index in [1.165, 1.54) is 4.57 Å². The summed E-state index contributed by atoms with van der Waals surface area (Å²) in [5.74, 6) is 0. The highest BCUT2D eigenvalue weighted by Gasteiger charge is 2.27. The molecule has 0 radical (unpaired) electrons. The Kier molecular flexibility index (Phi) is 4.31. The van der Waals surface area contributed by atoms with Gasteiger partial charge in [-0.3, -0.25) is 14.3 Å². The lowest BCUT2D eigenvalue weighted by atomic mass is 10.2. The van der Waals surface area contributed by atoms with Gasteiger partial charge in [0.1, 0.15) is 6.73 Å². The van der Waals surface area contributed by atoms with Crippen LogP contribution in [0.5, 0.6) is 0 Å². The summed E-state index contributed by atoms with van der Waals surface area (Å²) >= 11 is 0. The van der Waals surface area contributed by atoms with E-state index in [0.29, 0.717) is 30.7 Å². The van der Waals surface area contributed by atoms with Gasteiger partial charge < -0.3 is 9.84 Å². The van der Waals surface area contributed by atoms with Crippen LogP contribution in [0.15, 0.2) is 9.59 Å². The van der Waals surface area contributed by atoms with Gasteiger partial charge in [-0.1, -0.05) is 19.6 Å². The summed E-state index contributed by atoms with van der Waals surface area (Å²) in [5, 5.41) is 9.94. The Morgan fingerprint density at radius 2 is 2.10 bits per heavy atom. The molecule has 6 nitrogen and oxygen atoms in total. The molecule has 1 aromatic heterocycles. The Hall–Kier alpha value is -1.18. The maximum absolute atomic E-state index is 11.9. The Morgan fingerprint density at radius 1 is 1.40 bits per heavy atom. The summed E-state index contributed by atoms with van der Waals surface area (Å²) in [6, 6.07) is 1.01. The largest absolute Gasteiger partial charge is 0.387 e. The number of ether oxygens (including phenoxy) is 1. The van der Waals surface area contributed by atoms with E-state index < -0.39 is 19.9 Å². The van der Waals surface area contributed by atoms with Gasteiger partial charge in [0.05, 0.1) is 11.8 Å². The fourth-order valence-electron chi connectivity index (χ4n) is 2.33. The SMILES string of the molecule is C[Si](C)(C)CCOCn1c2c(c(=O)[nH]c1=O)CCC2O. The fraction of sp³-hybridized carbons (Fsp3) is 0.692. The molecular formula is C13H22N2O4Si. The van der Waals surface area contributed by atoms with Crippen LogP contribution in [0.1, 0.15) is 23.8 Å². The van der Waals surface area contributed by atoms with Crippen molar-refractivity contribution in [2.75, 3.05) is 6.61 Å². The van der Waals surface area contributed by atoms with Gasteiger partial charge in [0.2, 0.25) is 0 Å². The first-order chi connectivity index (χ1) is 9.29. The Balaban J connectivity index is 2.15. The minimum atomic E-state index is -1.17. The predicted molar refractivity (Wildman–Crippen MR) is 78.7 cm³/mol. The Bertz CT molecular complexity index is 600. The van der Waals surface area contributed by atoms with Gasteiger partial charge in [-0.05, 0) is 18.9 Å². The van der Waals surface area contributed by atoms with Crippen molar-refractivity contribution < 1.29 is 9.84 Å². The molecule has 0 aromatic carbocycles. The molecular weight excluding hydrogens is 276 g/mol. The van der Waals surface area contributed by atoms with Crippen LogP contribution in [0.3, 0.4) is 0 Å². The third-order valence-electron chi connectivity index (χ3n) is 3.54. The molecule has 2 rings (SSSR count). The molecule has 1 aliphatic carbocycles. The van der Waals surface area contributed by atoms with E-state index >= 15 is 0 Å². The summed E-state index contributed by atoms with van der Waals surface area (Å²) in [6.45, 7) is 7.43. The van der Waals surface area contributed by atoms with Gasteiger partial charge in [-0.2, -0.15) is 0 Å². The number of H-pyrrole nitrogens is 1. The average Bonchev–Trinajstić information content (AvgIpc) is 2.69. The summed E-state index contributed by atoms with van der Waals surface area (Å²) in [6.07, 6.45) is 0.234. The maximum Gasteiger partial charge on any atom is 0.330 e. The Labute approximate surface area is 118 Å². The van der Waals surface area contributed by atoms with Crippen LogP contribution >= 0.6 is 0 Å². The standard InChI is InChI=1S/C13H22N2O4Si/c1-20(2,3)7-6-19-8-15-11-9(4-5-10(11)16)12(17)14-13(15)18/h10,16H,4-8H2,1-3H3,(H,14,17,18). The quantitative estimate of drug-likeness (QED) is 0.623. The average molecular weight is 298 g/mol. The number of fused-ring (bicyclic) bond motifs is 1. The molecule has 1 heterocycles. The Morgan fingerprint density at radius 3 is 2.75 bits per heavy atom. The first kappa shape index (κ1) is 15.2. The highest BCUT2D eigenvalue weighted by molar-refractivity contribution is 6.76. The molecule has 7 heteroatoms. The zero-order valence-corrected chi connectivity index (χ0v) is 13.2. The lowest BCUT2D eigenvalue weighted by molar-refractivity contribution is 0.0731. The molecule has 0 amide bonds. The smallest absolute Gasteiger partial charge is 0.330 e. The summed E-state index contributed by atoms with van der Waals surface area (Å²) in [5.41, 5.74) is 0.0280. The van der Waals surface area contributed by atoms with Crippen LogP contribution in [0.2, 0.25) is 25.7 Å². The molecule has 1 unspecified atom stereocenters. The molecule has 112 valence electrons. The molecule has 0 aliphatic heterocycles. The van der Waals surface area contributed by atoms with Gasteiger partial charge in [0.25, 0.3) is 5.56 Å². The monoisotopic (exact) mass is 298 g/mol. The van der Waals surface area contributed by atoms with E-state index in [9.17, 15) is 14.7 Å². The number of hydrogen-bond acceptors (Lipinski definition) is 4. The lowest BCUT2D eigenvalue weighted by Crippen LogP contribution is -2.35. The van der Waals surface area contributed by atoms with Crippen molar-refractivity contribution in [3.63, 3.8) is 0 Å². The first-order valence-electron chi connectivity index (χ1n) is 6.91. The molecule has 0 saturated carbocycles. The normalized spacial score (nSPS) is 18.3. The van der Waals surface area contributed by atoms with Crippen LogP contribution in [0.25, 0.3) is 0 Å². The predicted octanol–water partition coefficient (Wildman–Crippen LogP) is 0.828. The van der Waals surface area contributed by atoms with Crippen molar-refractivity contribution in [2.24, 2.45) is 0 Å². The minimum absolute atomic E-state index is 0.0828. The molecule has 0 bridgehead atoms. The van der Waals surface area contributed by atoms with Crippen LogP contribution < -0.4 is 11.2 Å². The number of aromatic nitrogens is 2. The number of aromatic amines is 1. The van der Waals surface area contributed by atoms with Crippen molar-refractivity contribution in [1.82, 2.24) is 9.55 Å². The lowest BCUT2D eigenvalue weighted by Gasteiger charge is -2.17. The van der Waals surface area contributed by atoms with Crippen LogP contribution in [-0.4, -0.2) is 29.3 Å². The van der Waals surface area contributed by atoms with Gasteiger partial charge >= 0.3 is 5.69 Å². The molecule has 1 aliphatic rings. The topological polar surface area (TPSA) is 84.3 Å². The van der Waals surface area contributed by atoms with E-state index in [1.54, 1.807) is 0 Å². The minimum Gasteiger partial charge on any atom is -0.387 e. The number of aliphatic hydroxyl groups excluding tert-OH is 1. The van der Waals surface area contributed by atoms with E-state index in [-0.39, 0.29) is 12.3 Å². The molecule has 20 heavy (non-hydrogen) atoms. The number of hydrogen-bond donors (Lipinski definition) is 2. The van der Waals surface area contributed by atoms with E-state index in [4.69, 9.17) is 4.74 Å². The van der Waals surface area contributed by atoms with Crippen LogP contribution in [0, 0.1) is 0 Å². The number of aliphatic hydroxyl groups is 1. The highest BCUT2D eigenvalue weighted by atomic mass is 28.3. The third-order valence-corrected chi connectivity index (χ3v) is 5.24. The zero-order chi connectivity index (χ0) is 14.9. The molecule has 0 saturated heterocycles. The molecule has 1 aromatic rings. The van der Waals surface area contributed by atoms with Crippen molar-refractivity contribution in [1.29, 1.82) is 0 Å². The van der Waals surface area contributed by atoms with Crippen molar-refractivity contribution in [3.8, 4) is 0 Å². The first-order valence-corrected chi connectivity index (χ1v) is 10.6. The summed E-state index contributed by atoms with van der Waals surface area (Å²) in [7, 11) is -1.17. The van der Waals surface area contributed by atoms with E-state index in [1.807, 2.05) is 0 Å². The second kappa shape index (κ2) is 5.67. The highest BCUT2D eigenvalue weighted by Crippen LogP contribution is 2.27. The summed E-state index contributed by atoms with van der Waals surface area (Å²) < 4.78 is 6.90. The molecule has 1 atom stereocenters. The van der Waals surface area contributed by atoms with Gasteiger partial charge in [-0.25, -0.2) is 4.79 Å². The number of rotatable bonds is 5. The molecule has 0 spiro atoms. The number of nitrogens with one attached hydrogen (secondary N) is 1. The van der Waals surface area contributed by atoms with Crippen molar-refractivity contribution in [3.05, 3.63) is 32.1 Å². The van der Waals surface area contributed by atoms with Gasteiger partial charge in [0.15, 0.2) is 0 Å². The van der Waals surface area contributed by atoms with Crippen LogP contribution in [0.4, 0.5) is 0 Å². The second-order valence-electron chi connectivity index (χ2n) is 6.45. The van der Waals surface area contributed by atoms with E-state index in [0.717, 1.165) is 6.04 Å². The third kappa shape index (κ3) is 3.28. The molecule has 2 N–H and O–H groups in total. The van der Waals surface area contributed by atoms with Gasteiger partial charge in [-0.15, -0.1) is 0 Å². The van der Waals surface area contributed by atoms with Gasteiger partial charge in [0, 0.05) is 20.2 Å². The zero-order valence-electron chi connectivity index (χ0n) is 12.2. The maximum atomic E-state index is 11.9. The van der Waals surface area contributed by atoms with E-state index in [2.05, 4.69) is 24.6 Å². The van der Waals surface area contributed by atoms with Crippen LogP contribution in [-0.2, 0) is 17.9 Å².